The van der Waals surface area contributed by atoms with Crippen molar-refractivity contribution in [1.82, 2.24) is 19.9 Å². The number of hydrogen-bond acceptors (Lipinski definition) is 4. The number of nitrogens with one attached hydrogen (secondary N) is 2. The van der Waals surface area contributed by atoms with Gasteiger partial charge < -0.3 is 9.97 Å². The molecule has 3 aromatic heterocycles. The van der Waals surface area contributed by atoms with Crippen LogP contribution < -0.4 is 0 Å². The molecule has 0 atom stereocenters. The first-order chi connectivity index (χ1) is 38.3. The maximum absolute atomic E-state index is 13.9. The smallest absolute Gasteiger partial charge is 0.197 e. The lowest BCUT2D eigenvalue weighted by molar-refractivity contribution is -0.115. The van der Waals surface area contributed by atoms with Crippen molar-refractivity contribution >= 4 is 89.8 Å². The van der Waals surface area contributed by atoms with Gasteiger partial charge in [0.05, 0.1) is 31.7 Å². The quantitative estimate of drug-likeness (QED) is 0.169. The number of aromatic nitrogens is 4. The molecule has 20 rings (SSSR count). The molecule has 374 valence electrons. The molecule has 78 heavy (non-hydrogen) atoms. The predicted octanol–water partition coefficient (Wildman–Crippen LogP) is 18.5. The molecular formula is C70H48Br2N4O2. The second-order valence-corrected chi connectivity index (χ2v) is 22.7. The number of halogens is 2. The Bertz CT molecular complexity index is 4400. The monoisotopic (exact) mass is 1130 g/mol. The summed E-state index contributed by atoms with van der Waals surface area (Å²) in [5.41, 5.74) is 29.1. The summed E-state index contributed by atoms with van der Waals surface area (Å²) < 4.78 is 0.827. The number of benzene rings is 6. The standard InChI is InChI=1S/C70H48Br2N4O2/c71-67-49-19-9-7-13-39-26-28-46-51(37-39)45-22-12-23-47(63(45)46)65-57-33-29-53(73-57)61(41-15-3-1-4-16-41)55-31-35-59(75-55)66(60-36-32-56(76-60)62(42-17-5-2-6-18-42)54-30-34-58(65)74-54)48-24-11-21-44-43-27-25-40(38-52(43)64(44)48)14-8-10-20-50(70(67)78)68(72)69(49)77/h1-6,11-12,15-18,21-38,73,76H,7-10,13-14,19-20H2. The van der Waals surface area contributed by atoms with E-state index in [9.17, 15) is 9.59 Å². The highest BCUT2D eigenvalue weighted by atomic mass is 79.9. The van der Waals surface area contributed by atoms with E-state index in [0.717, 1.165) is 128 Å². The van der Waals surface area contributed by atoms with Crippen molar-refractivity contribution in [2.24, 2.45) is 0 Å². The van der Waals surface area contributed by atoms with Crippen molar-refractivity contribution in [3.05, 3.63) is 212 Å². The number of ketones is 2. The fourth-order valence-electron chi connectivity index (χ4n) is 12.8. The number of hydrogen-bond donors (Lipinski definition) is 2. The first-order valence-electron chi connectivity index (χ1n) is 27.0. The van der Waals surface area contributed by atoms with Gasteiger partial charge in [0.2, 0.25) is 0 Å². The first-order valence-corrected chi connectivity index (χ1v) is 28.6. The maximum Gasteiger partial charge on any atom is 0.197 e. The molecule has 0 fully saturated rings. The Kier molecular flexibility index (Phi) is 11.3. The van der Waals surface area contributed by atoms with E-state index in [2.05, 4.69) is 224 Å². The topological polar surface area (TPSA) is 91.5 Å². The summed E-state index contributed by atoms with van der Waals surface area (Å²) in [6.07, 6.45) is 14.8. The largest absolute Gasteiger partial charge is 0.354 e. The van der Waals surface area contributed by atoms with Crippen LogP contribution in [0.2, 0.25) is 0 Å². The Labute approximate surface area is 468 Å². The van der Waals surface area contributed by atoms with Crippen LogP contribution in [0.25, 0.3) is 135 Å². The van der Waals surface area contributed by atoms with Crippen LogP contribution >= 0.6 is 31.9 Å². The lowest BCUT2D eigenvalue weighted by atomic mass is 9.75. The van der Waals surface area contributed by atoms with Crippen LogP contribution in [0.4, 0.5) is 0 Å². The van der Waals surface area contributed by atoms with E-state index in [1.165, 1.54) is 55.6 Å². The van der Waals surface area contributed by atoms with Gasteiger partial charge in [-0.1, -0.05) is 133 Å². The second kappa shape index (κ2) is 18.7. The van der Waals surface area contributed by atoms with Gasteiger partial charge in [0.25, 0.3) is 0 Å². The van der Waals surface area contributed by atoms with Crippen LogP contribution in [0.15, 0.2) is 178 Å². The summed E-state index contributed by atoms with van der Waals surface area (Å²) in [6.45, 7) is 0. The fourth-order valence-corrected chi connectivity index (χ4v) is 14.1. The van der Waals surface area contributed by atoms with Gasteiger partial charge in [-0.2, -0.15) is 0 Å². The summed E-state index contributed by atoms with van der Waals surface area (Å²) in [5.74, 6) is -0.162. The molecule has 11 aliphatic rings. The van der Waals surface area contributed by atoms with E-state index in [-0.39, 0.29) is 11.6 Å². The Morgan fingerprint density at radius 3 is 1.23 bits per heavy atom. The highest BCUT2D eigenvalue weighted by Gasteiger charge is 2.33. The van der Waals surface area contributed by atoms with Crippen LogP contribution in [-0.2, 0) is 22.4 Å². The molecule has 6 nitrogen and oxygen atoms in total. The summed E-state index contributed by atoms with van der Waals surface area (Å²) in [6, 6.07) is 57.1. The van der Waals surface area contributed by atoms with E-state index >= 15 is 0 Å². The summed E-state index contributed by atoms with van der Waals surface area (Å²) >= 11 is 7.21. The molecule has 8 aliphatic heterocycles. The molecule has 11 heterocycles. The van der Waals surface area contributed by atoms with Gasteiger partial charge in [-0.3, -0.25) is 9.59 Å². The van der Waals surface area contributed by atoms with Gasteiger partial charge in [-0.05, 0) is 210 Å². The molecule has 0 unspecified atom stereocenters. The molecule has 6 aromatic carbocycles. The lowest BCUT2D eigenvalue weighted by Gasteiger charge is -2.28. The fraction of sp³-hybridized carbons (Fsp3) is 0.114. The van der Waals surface area contributed by atoms with E-state index in [1.54, 1.807) is 0 Å². The Morgan fingerprint density at radius 1 is 0.333 bits per heavy atom. The third-order valence-electron chi connectivity index (χ3n) is 16.6. The molecule has 0 spiro atoms. The van der Waals surface area contributed by atoms with E-state index in [0.29, 0.717) is 33.0 Å². The Balaban J connectivity index is 0.988. The number of carbonyl (C=O) groups is 2. The van der Waals surface area contributed by atoms with Gasteiger partial charge in [-0.25, -0.2) is 9.97 Å². The van der Waals surface area contributed by atoms with E-state index in [4.69, 9.17) is 9.97 Å². The molecule has 0 amide bonds. The van der Waals surface area contributed by atoms with Crippen molar-refractivity contribution < 1.29 is 9.59 Å². The van der Waals surface area contributed by atoms with Crippen LogP contribution in [0.5, 0.6) is 0 Å². The lowest BCUT2D eigenvalue weighted by Crippen LogP contribution is -2.20. The van der Waals surface area contributed by atoms with Gasteiger partial charge in [0.1, 0.15) is 0 Å². The normalized spacial score (nSPS) is 15.3. The van der Waals surface area contributed by atoms with Crippen LogP contribution in [0.3, 0.4) is 0 Å². The average molecular weight is 1140 g/mol. The Morgan fingerprint density at radius 2 is 0.731 bits per heavy atom. The predicted molar refractivity (Wildman–Crippen MR) is 326 cm³/mol. The molecule has 9 aromatic rings. The van der Waals surface area contributed by atoms with E-state index in [1.807, 2.05) is 0 Å². The minimum absolute atomic E-state index is 0.0804. The van der Waals surface area contributed by atoms with E-state index < -0.39 is 0 Å². The summed E-state index contributed by atoms with van der Waals surface area (Å²) in [7, 11) is 0. The number of nitrogens with zero attached hydrogens (tertiary/aromatic N) is 2. The minimum Gasteiger partial charge on any atom is -0.354 e. The third-order valence-corrected chi connectivity index (χ3v) is 18.3. The van der Waals surface area contributed by atoms with Gasteiger partial charge in [0.15, 0.2) is 11.6 Å². The number of fused-ring (bicyclic) bond motifs is 1. The number of H-pyrrole nitrogens is 2. The minimum atomic E-state index is -0.0817. The Hall–Kier alpha value is -8.30. The van der Waals surface area contributed by atoms with Gasteiger partial charge in [-0.15, -0.1) is 0 Å². The number of Topliss-reactive ketones (excluding diaryl/α,β-unsaturated/α-hetero) is 2. The number of carbonyl (C=O) groups excluding carboxylic acids is 2. The van der Waals surface area contributed by atoms with Gasteiger partial charge in [0, 0.05) is 55.5 Å². The van der Waals surface area contributed by atoms with Crippen molar-refractivity contribution in [3.8, 4) is 89.0 Å². The molecular weight excluding hydrogens is 1090 g/mol. The molecule has 2 N–H and O–H groups in total. The SMILES string of the molecule is O=C1C(Br)=C2CCCCc3ccc4c(c3)-c3c-4cccc3-c3c4nc(c(-c5ccccc5)c5ccc([nH]5)c(c5nc(c(-c6ccccc6)c6ccc3[nH]6)C=C5)-c3cccc5c3-c3ccc(cc3-5)CCCCC1=C(Br)C2=O)C=C4. The van der Waals surface area contributed by atoms with Crippen molar-refractivity contribution in [2.75, 3.05) is 0 Å². The molecule has 20 bridgehead atoms. The molecule has 0 saturated carbocycles. The maximum atomic E-state index is 13.9. The number of allylic oxidation sites excluding steroid dienone is 4. The molecule has 8 heteroatoms. The summed E-state index contributed by atoms with van der Waals surface area (Å²) in [4.78, 5) is 47.0. The average Bonchev–Trinajstić information content (AvgIpc) is 4.45. The molecule has 3 aliphatic carbocycles. The zero-order valence-corrected chi connectivity index (χ0v) is 45.6. The molecule has 0 saturated heterocycles. The zero-order valence-electron chi connectivity index (χ0n) is 42.4. The van der Waals surface area contributed by atoms with Crippen LogP contribution in [-0.4, -0.2) is 31.5 Å². The number of rotatable bonds is 2. The summed E-state index contributed by atoms with van der Waals surface area (Å²) in [5, 5.41) is 0. The number of aromatic amines is 2. The van der Waals surface area contributed by atoms with Crippen molar-refractivity contribution in [3.63, 3.8) is 0 Å². The molecule has 0 radical (unpaired) electrons. The second-order valence-electron chi connectivity index (χ2n) is 21.1. The first kappa shape index (κ1) is 47.0. The highest BCUT2D eigenvalue weighted by molar-refractivity contribution is 9.12. The van der Waals surface area contributed by atoms with Gasteiger partial charge >= 0.3 is 0 Å². The van der Waals surface area contributed by atoms with Crippen molar-refractivity contribution in [2.45, 2.75) is 51.4 Å². The zero-order chi connectivity index (χ0) is 52.2. The number of aryl methyl sites for hydroxylation is 2. The van der Waals surface area contributed by atoms with Crippen LogP contribution in [0, 0.1) is 0 Å². The highest BCUT2D eigenvalue weighted by Crippen LogP contribution is 2.55. The van der Waals surface area contributed by atoms with Crippen LogP contribution in [0.1, 0.15) is 72.4 Å². The third kappa shape index (κ3) is 7.55. The van der Waals surface area contributed by atoms with Crippen molar-refractivity contribution in [1.29, 1.82) is 0 Å².